The minimum Gasteiger partial charge on any atom is -0.365 e. The molecule has 0 fully saturated rings. The number of nitrogens with two attached hydrogens (primary N) is 1. The minimum atomic E-state index is -0.467. The van der Waals surface area contributed by atoms with Crippen molar-refractivity contribution >= 4 is 28.8 Å². The van der Waals surface area contributed by atoms with E-state index in [1.807, 2.05) is 42.5 Å². The molecule has 0 saturated heterocycles. The molecule has 0 unspecified atom stereocenters. The van der Waals surface area contributed by atoms with Crippen LogP contribution in [0, 0.1) is 0 Å². The van der Waals surface area contributed by atoms with Crippen molar-refractivity contribution in [3.8, 4) is 10.6 Å². The van der Waals surface area contributed by atoms with Crippen molar-refractivity contribution in [3.05, 3.63) is 93.2 Å². The van der Waals surface area contributed by atoms with Crippen LogP contribution in [0.25, 0.3) is 10.6 Å². The Morgan fingerprint density at radius 3 is 2.76 bits per heavy atom. The smallest absolute Gasteiger partial charge is 0.252 e. The number of thiophene rings is 1. The van der Waals surface area contributed by atoms with Crippen molar-refractivity contribution in [2.45, 2.75) is 19.3 Å². The third-order valence-corrected chi connectivity index (χ3v) is 6.02. The number of pyridine rings is 1. The maximum Gasteiger partial charge on any atom is 0.252 e. The Morgan fingerprint density at radius 1 is 1.10 bits per heavy atom. The van der Waals surface area contributed by atoms with Gasteiger partial charge in [0.2, 0.25) is 0 Å². The van der Waals surface area contributed by atoms with Gasteiger partial charge in [-0.2, -0.15) is 5.10 Å². The first-order valence-corrected chi connectivity index (χ1v) is 10.4. The first-order valence-electron chi connectivity index (χ1n) is 9.20. The molecule has 0 atom stereocenters. The number of rotatable bonds is 7. The van der Waals surface area contributed by atoms with Gasteiger partial charge in [0.05, 0.1) is 27.5 Å². The lowest BCUT2D eigenvalue weighted by Crippen LogP contribution is -2.15. The molecule has 3 N–H and O–H groups in total. The number of halogens is 1. The van der Waals surface area contributed by atoms with Crippen molar-refractivity contribution in [2.75, 3.05) is 0 Å². The van der Waals surface area contributed by atoms with E-state index in [2.05, 4.69) is 27.3 Å². The Balaban J connectivity index is 1.50. The number of nitrogens with one attached hydrogen (secondary N) is 1. The highest BCUT2D eigenvalue weighted by Crippen LogP contribution is 2.27. The number of carbonyl (C=O) groups is 1. The van der Waals surface area contributed by atoms with Crippen molar-refractivity contribution < 1.29 is 4.79 Å². The summed E-state index contributed by atoms with van der Waals surface area (Å²) in [7, 11) is 0. The Hall–Kier alpha value is -2.96. The molecule has 1 aromatic carbocycles. The maximum atomic E-state index is 12.1. The monoisotopic (exact) mass is 422 g/mol. The van der Waals surface area contributed by atoms with Crippen LogP contribution in [0.15, 0.2) is 60.8 Å². The maximum absolute atomic E-state index is 12.1. The number of primary amides is 1. The van der Waals surface area contributed by atoms with Crippen LogP contribution in [0.5, 0.6) is 0 Å². The number of aromatic nitrogens is 3. The van der Waals surface area contributed by atoms with Crippen molar-refractivity contribution in [1.82, 2.24) is 15.2 Å². The van der Waals surface area contributed by atoms with E-state index < -0.39 is 5.91 Å². The Labute approximate surface area is 177 Å². The number of benzene rings is 1. The fourth-order valence-corrected chi connectivity index (χ4v) is 4.47. The van der Waals surface area contributed by atoms with Crippen molar-refractivity contribution in [3.63, 3.8) is 0 Å². The van der Waals surface area contributed by atoms with E-state index in [1.165, 1.54) is 4.88 Å². The van der Waals surface area contributed by atoms with E-state index in [1.54, 1.807) is 17.5 Å². The number of aryl methyl sites for hydroxylation is 2. The molecule has 0 spiro atoms. The van der Waals surface area contributed by atoms with Crippen LogP contribution in [-0.2, 0) is 19.3 Å². The molecule has 4 rings (SSSR count). The lowest BCUT2D eigenvalue weighted by atomic mass is 10.0. The molecule has 7 heteroatoms. The molecule has 3 aromatic heterocycles. The number of hydrogen-bond acceptors (Lipinski definition) is 4. The van der Waals surface area contributed by atoms with Gasteiger partial charge in [-0.1, -0.05) is 29.8 Å². The quantitative estimate of drug-likeness (QED) is 0.454. The van der Waals surface area contributed by atoms with Crippen LogP contribution in [0.3, 0.4) is 0 Å². The van der Waals surface area contributed by atoms with Crippen LogP contribution in [0.2, 0.25) is 5.02 Å². The Morgan fingerprint density at radius 2 is 2.00 bits per heavy atom. The molecular weight excluding hydrogens is 404 g/mol. The summed E-state index contributed by atoms with van der Waals surface area (Å²) in [6.45, 7) is 0. The predicted octanol–water partition coefficient (Wildman–Crippen LogP) is 4.66. The van der Waals surface area contributed by atoms with Crippen LogP contribution in [-0.4, -0.2) is 21.1 Å². The highest BCUT2D eigenvalue weighted by molar-refractivity contribution is 7.15. The average molecular weight is 423 g/mol. The van der Waals surface area contributed by atoms with Crippen LogP contribution in [0.4, 0.5) is 0 Å². The highest BCUT2D eigenvalue weighted by atomic mass is 35.5. The topological polar surface area (TPSA) is 84.7 Å². The second kappa shape index (κ2) is 8.59. The zero-order valence-corrected chi connectivity index (χ0v) is 17.1. The first kappa shape index (κ1) is 19.4. The zero-order chi connectivity index (χ0) is 20.2. The molecule has 29 heavy (non-hydrogen) atoms. The molecule has 3 heterocycles. The van der Waals surface area contributed by atoms with E-state index in [0.717, 1.165) is 28.2 Å². The first-order chi connectivity index (χ1) is 14.1. The summed E-state index contributed by atoms with van der Waals surface area (Å²) in [5.41, 5.74) is 9.51. The van der Waals surface area contributed by atoms with E-state index in [4.69, 9.17) is 17.3 Å². The summed E-state index contributed by atoms with van der Waals surface area (Å²) in [5.74, 6) is -0.467. The third-order valence-electron chi connectivity index (χ3n) is 4.62. The molecule has 146 valence electrons. The lowest BCUT2D eigenvalue weighted by molar-refractivity contribution is 0.0998. The van der Waals surface area contributed by atoms with Crippen molar-refractivity contribution in [2.24, 2.45) is 5.73 Å². The largest absolute Gasteiger partial charge is 0.365 e. The van der Waals surface area contributed by atoms with E-state index in [0.29, 0.717) is 29.1 Å². The number of hydrogen-bond donors (Lipinski definition) is 2. The number of nitrogens with zero attached hydrogens (tertiary/aromatic N) is 2. The summed E-state index contributed by atoms with van der Waals surface area (Å²) < 4.78 is 0. The second-order valence-electron chi connectivity index (χ2n) is 6.68. The summed E-state index contributed by atoms with van der Waals surface area (Å²) >= 11 is 7.76. The molecule has 4 aromatic rings. The molecule has 5 nitrogen and oxygen atoms in total. The molecule has 1 amide bonds. The van der Waals surface area contributed by atoms with Gasteiger partial charge in [-0.25, -0.2) is 0 Å². The van der Waals surface area contributed by atoms with Crippen molar-refractivity contribution in [1.29, 1.82) is 0 Å². The summed E-state index contributed by atoms with van der Waals surface area (Å²) in [4.78, 5) is 18.8. The SMILES string of the molecule is NC(=O)c1c(CCc2ccc(-c3ccccn3)s2)n[nH]c1Cc1cccc(Cl)c1. The van der Waals surface area contributed by atoms with Crippen LogP contribution >= 0.6 is 22.9 Å². The predicted molar refractivity (Wildman–Crippen MR) is 116 cm³/mol. The second-order valence-corrected chi connectivity index (χ2v) is 8.28. The van der Waals surface area contributed by atoms with Crippen LogP contribution < -0.4 is 5.73 Å². The standard InChI is InChI=1S/C22H19ClN4OS/c23-15-5-3-4-14(12-15)13-19-21(22(24)28)18(26-27-19)9-7-16-8-10-20(29-16)17-6-1-2-11-25-17/h1-6,8,10-12H,7,9,13H2,(H2,24,28)(H,26,27). The fraction of sp³-hybridized carbons (Fsp3) is 0.136. The minimum absolute atomic E-state index is 0.467. The highest BCUT2D eigenvalue weighted by Gasteiger charge is 2.18. The molecule has 0 radical (unpaired) electrons. The number of aromatic amines is 1. The van der Waals surface area contributed by atoms with Gasteiger partial charge in [-0.05, 0) is 54.8 Å². The normalized spacial score (nSPS) is 10.9. The molecule has 0 aliphatic rings. The van der Waals surface area contributed by atoms with Gasteiger partial charge in [0.1, 0.15) is 0 Å². The summed E-state index contributed by atoms with van der Waals surface area (Å²) in [5, 5.41) is 8.02. The van der Waals surface area contributed by atoms with Gasteiger partial charge in [-0.15, -0.1) is 11.3 Å². The molecule has 0 aliphatic carbocycles. The van der Waals surface area contributed by atoms with Gasteiger partial charge in [0.25, 0.3) is 5.91 Å². The molecule has 0 aliphatic heterocycles. The molecule has 0 saturated carbocycles. The van der Waals surface area contributed by atoms with Gasteiger partial charge in [0.15, 0.2) is 0 Å². The van der Waals surface area contributed by atoms with Gasteiger partial charge < -0.3 is 5.73 Å². The lowest BCUT2D eigenvalue weighted by Gasteiger charge is -2.03. The number of H-pyrrole nitrogens is 1. The van der Waals surface area contributed by atoms with E-state index >= 15 is 0 Å². The van der Waals surface area contributed by atoms with Gasteiger partial charge >= 0.3 is 0 Å². The Bertz CT molecular complexity index is 1140. The fourth-order valence-electron chi connectivity index (χ4n) is 3.27. The third kappa shape index (κ3) is 4.55. The zero-order valence-electron chi connectivity index (χ0n) is 15.6. The number of amides is 1. The average Bonchev–Trinajstić information content (AvgIpc) is 3.34. The van der Waals surface area contributed by atoms with Gasteiger partial charge in [0, 0.05) is 22.5 Å². The van der Waals surface area contributed by atoms with E-state index in [-0.39, 0.29) is 0 Å². The van der Waals surface area contributed by atoms with Crippen LogP contribution in [0.1, 0.15) is 32.2 Å². The van der Waals surface area contributed by atoms with Gasteiger partial charge in [-0.3, -0.25) is 14.9 Å². The Kier molecular flexibility index (Phi) is 5.74. The summed E-state index contributed by atoms with van der Waals surface area (Å²) in [6, 6.07) is 17.6. The number of carbonyl (C=O) groups excluding carboxylic acids is 1. The molecular formula is C22H19ClN4OS. The summed E-state index contributed by atoms with van der Waals surface area (Å²) in [6.07, 6.45) is 3.72. The van der Waals surface area contributed by atoms with E-state index in [9.17, 15) is 4.79 Å². The molecule has 0 bridgehead atoms.